The zero-order valence-electron chi connectivity index (χ0n) is 21.1. The SMILES string of the molecule is COC(=O)c1c(Cc2ccc(C(=O)NC3CCC(O)CC3)cc2)c(=O)c2cccnc2n1-c1ccccc1. The third-order valence-corrected chi connectivity index (χ3v) is 7.05. The number of rotatable bonds is 6. The number of fused-ring (bicyclic) bond motifs is 1. The molecule has 5 rings (SSSR count). The third-order valence-electron chi connectivity index (χ3n) is 7.05. The molecule has 0 bridgehead atoms. The Balaban J connectivity index is 1.51. The summed E-state index contributed by atoms with van der Waals surface area (Å²) in [7, 11) is 1.29. The van der Waals surface area contributed by atoms with Gasteiger partial charge in [-0.2, -0.15) is 0 Å². The number of para-hydroxylation sites is 1. The molecule has 2 aromatic carbocycles. The number of carbonyl (C=O) groups excluding carboxylic acids is 2. The number of benzene rings is 2. The molecule has 0 unspecified atom stereocenters. The molecule has 2 N–H and O–H groups in total. The molecule has 38 heavy (non-hydrogen) atoms. The fourth-order valence-electron chi connectivity index (χ4n) is 5.03. The van der Waals surface area contributed by atoms with Gasteiger partial charge in [-0.25, -0.2) is 9.78 Å². The summed E-state index contributed by atoms with van der Waals surface area (Å²) in [6.07, 6.45) is 4.36. The first kappa shape index (κ1) is 25.4. The maximum absolute atomic E-state index is 13.6. The predicted octanol–water partition coefficient (Wildman–Crippen LogP) is 3.80. The Labute approximate surface area is 219 Å². The minimum absolute atomic E-state index is 0.0517. The molecular formula is C30H29N3O5. The number of nitrogens with zero attached hydrogens (tertiary/aromatic N) is 2. The Kier molecular flexibility index (Phi) is 7.33. The van der Waals surface area contributed by atoms with E-state index in [9.17, 15) is 19.5 Å². The lowest BCUT2D eigenvalue weighted by Gasteiger charge is -2.26. The number of hydrogen-bond donors (Lipinski definition) is 2. The smallest absolute Gasteiger partial charge is 0.355 e. The quantitative estimate of drug-likeness (QED) is 0.381. The number of aliphatic hydroxyl groups is 1. The van der Waals surface area contributed by atoms with E-state index >= 15 is 0 Å². The van der Waals surface area contributed by atoms with Crippen LogP contribution in [0.4, 0.5) is 0 Å². The second-order valence-electron chi connectivity index (χ2n) is 9.55. The molecular weight excluding hydrogens is 482 g/mol. The fraction of sp³-hybridized carbons (Fsp3) is 0.267. The van der Waals surface area contributed by atoms with E-state index < -0.39 is 5.97 Å². The Hall–Kier alpha value is -4.30. The number of methoxy groups -OCH3 is 1. The van der Waals surface area contributed by atoms with E-state index in [1.165, 1.54) is 7.11 Å². The highest BCUT2D eigenvalue weighted by atomic mass is 16.5. The highest BCUT2D eigenvalue weighted by Gasteiger charge is 2.25. The van der Waals surface area contributed by atoms with Crippen molar-refractivity contribution >= 4 is 22.9 Å². The highest BCUT2D eigenvalue weighted by Crippen LogP contribution is 2.24. The van der Waals surface area contributed by atoms with E-state index in [-0.39, 0.29) is 35.6 Å². The van der Waals surface area contributed by atoms with E-state index in [0.717, 1.165) is 18.4 Å². The van der Waals surface area contributed by atoms with Gasteiger partial charge in [-0.05, 0) is 67.6 Å². The lowest BCUT2D eigenvalue weighted by Crippen LogP contribution is -2.38. The standard InChI is InChI=1S/C30H29N3O5/c1-38-30(37)26-25(27(35)24-8-5-17-31-28(24)33(26)22-6-3-2-4-7-22)18-19-9-11-20(12-10-19)29(36)32-21-13-15-23(34)16-14-21/h2-12,17,21,23,34H,13-16,18H2,1H3,(H,32,36). The highest BCUT2D eigenvalue weighted by molar-refractivity contribution is 5.95. The fourth-order valence-corrected chi connectivity index (χ4v) is 5.03. The molecule has 0 atom stereocenters. The van der Waals surface area contributed by atoms with Crippen LogP contribution in [0, 0.1) is 0 Å². The van der Waals surface area contributed by atoms with Gasteiger partial charge in [-0.3, -0.25) is 14.2 Å². The largest absolute Gasteiger partial charge is 0.464 e. The summed E-state index contributed by atoms with van der Waals surface area (Å²) in [6.45, 7) is 0. The average Bonchev–Trinajstić information content (AvgIpc) is 2.96. The number of aromatic nitrogens is 2. The average molecular weight is 512 g/mol. The molecule has 0 aliphatic heterocycles. The van der Waals surface area contributed by atoms with E-state index in [0.29, 0.717) is 40.7 Å². The van der Waals surface area contributed by atoms with E-state index in [2.05, 4.69) is 10.3 Å². The van der Waals surface area contributed by atoms with Gasteiger partial charge in [0.2, 0.25) is 0 Å². The Morgan fingerprint density at radius 2 is 1.71 bits per heavy atom. The summed E-state index contributed by atoms with van der Waals surface area (Å²) in [5.41, 5.74) is 2.46. The maximum Gasteiger partial charge on any atom is 0.355 e. The van der Waals surface area contributed by atoms with Gasteiger partial charge < -0.3 is 15.2 Å². The number of aliphatic hydroxyl groups excluding tert-OH is 1. The number of ether oxygens (including phenoxy) is 1. The van der Waals surface area contributed by atoms with E-state index in [1.54, 1.807) is 47.2 Å². The van der Waals surface area contributed by atoms with Crippen LogP contribution >= 0.6 is 0 Å². The molecule has 0 radical (unpaired) electrons. The Morgan fingerprint density at radius 1 is 1.00 bits per heavy atom. The van der Waals surface area contributed by atoms with Crippen molar-refractivity contribution in [1.29, 1.82) is 0 Å². The summed E-state index contributed by atoms with van der Waals surface area (Å²) < 4.78 is 6.78. The third kappa shape index (κ3) is 5.08. The van der Waals surface area contributed by atoms with E-state index in [1.807, 2.05) is 30.3 Å². The molecule has 194 valence electrons. The van der Waals surface area contributed by atoms with Gasteiger partial charge in [0.25, 0.3) is 5.91 Å². The van der Waals surface area contributed by atoms with Crippen molar-refractivity contribution in [2.45, 2.75) is 44.2 Å². The minimum Gasteiger partial charge on any atom is -0.464 e. The van der Waals surface area contributed by atoms with Crippen molar-refractivity contribution in [3.05, 3.63) is 106 Å². The number of nitrogens with one attached hydrogen (secondary N) is 1. The molecule has 1 amide bonds. The first-order chi connectivity index (χ1) is 18.5. The Morgan fingerprint density at radius 3 is 2.39 bits per heavy atom. The minimum atomic E-state index is -0.637. The predicted molar refractivity (Wildman–Crippen MR) is 144 cm³/mol. The van der Waals surface area contributed by atoms with Crippen molar-refractivity contribution in [3.8, 4) is 5.69 Å². The normalized spacial score (nSPS) is 17.2. The summed E-state index contributed by atoms with van der Waals surface area (Å²) >= 11 is 0. The zero-order chi connectivity index (χ0) is 26.6. The number of pyridine rings is 2. The van der Waals surface area contributed by atoms with Gasteiger partial charge in [0, 0.05) is 35.5 Å². The second-order valence-corrected chi connectivity index (χ2v) is 9.55. The van der Waals surface area contributed by atoms with Crippen molar-refractivity contribution in [2.24, 2.45) is 0 Å². The Bertz CT molecular complexity index is 1520. The van der Waals surface area contributed by atoms with Crippen molar-refractivity contribution in [1.82, 2.24) is 14.9 Å². The molecule has 0 spiro atoms. The van der Waals surface area contributed by atoms with E-state index in [4.69, 9.17) is 4.74 Å². The van der Waals surface area contributed by atoms with Crippen LogP contribution in [0.5, 0.6) is 0 Å². The number of hydrogen-bond acceptors (Lipinski definition) is 6. The monoisotopic (exact) mass is 511 g/mol. The van der Waals surface area contributed by atoms with Crippen molar-refractivity contribution in [3.63, 3.8) is 0 Å². The van der Waals surface area contributed by atoms with Crippen LogP contribution in [0.25, 0.3) is 16.7 Å². The topological polar surface area (TPSA) is 111 Å². The number of esters is 1. The van der Waals surface area contributed by atoms with Crippen LogP contribution in [0.3, 0.4) is 0 Å². The molecule has 1 aliphatic carbocycles. The van der Waals surface area contributed by atoms with Crippen LogP contribution in [0.1, 0.15) is 57.7 Å². The lowest BCUT2D eigenvalue weighted by atomic mass is 9.93. The van der Waals surface area contributed by atoms with Gasteiger partial charge in [0.05, 0.1) is 18.6 Å². The molecule has 1 aliphatic rings. The molecule has 1 saturated carbocycles. The van der Waals surface area contributed by atoms with Crippen LogP contribution in [0.2, 0.25) is 0 Å². The van der Waals surface area contributed by atoms with Gasteiger partial charge >= 0.3 is 5.97 Å². The summed E-state index contributed by atoms with van der Waals surface area (Å²) in [4.78, 5) is 43.9. The van der Waals surface area contributed by atoms with Crippen LogP contribution in [0.15, 0.2) is 77.7 Å². The lowest BCUT2D eigenvalue weighted by molar-refractivity contribution is 0.0589. The van der Waals surface area contributed by atoms with Crippen LogP contribution < -0.4 is 10.7 Å². The molecule has 4 aromatic rings. The van der Waals surface area contributed by atoms with Gasteiger partial charge in [0.15, 0.2) is 5.43 Å². The summed E-state index contributed by atoms with van der Waals surface area (Å²) in [5, 5.41) is 13.1. The van der Waals surface area contributed by atoms with Gasteiger partial charge in [-0.15, -0.1) is 0 Å². The molecule has 2 aromatic heterocycles. The zero-order valence-corrected chi connectivity index (χ0v) is 21.1. The van der Waals surface area contributed by atoms with Crippen molar-refractivity contribution in [2.75, 3.05) is 7.11 Å². The second kappa shape index (κ2) is 11.0. The summed E-state index contributed by atoms with van der Waals surface area (Å²) in [5.74, 6) is -0.807. The first-order valence-electron chi connectivity index (χ1n) is 12.7. The number of carbonyl (C=O) groups is 2. The van der Waals surface area contributed by atoms with Gasteiger partial charge in [-0.1, -0.05) is 30.3 Å². The summed E-state index contributed by atoms with van der Waals surface area (Å²) in [6, 6.07) is 19.7. The maximum atomic E-state index is 13.6. The first-order valence-corrected chi connectivity index (χ1v) is 12.7. The van der Waals surface area contributed by atoms with Crippen LogP contribution in [-0.4, -0.2) is 45.8 Å². The van der Waals surface area contributed by atoms with Crippen LogP contribution in [-0.2, 0) is 11.2 Å². The molecule has 8 nitrogen and oxygen atoms in total. The van der Waals surface area contributed by atoms with Gasteiger partial charge in [0.1, 0.15) is 11.3 Å². The molecule has 2 heterocycles. The molecule has 8 heteroatoms. The van der Waals surface area contributed by atoms with Crippen molar-refractivity contribution < 1.29 is 19.4 Å². The number of amides is 1. The molecule has 1 fully saturated rings. The molecule has 0 saturated heterocycles.